The Morgan fingerprint density at radius 2 is 1.75 bits per heavy atom. The molecule has 5 rings (SSSR count). The van der Waals surface area contributed by atoms with Crippen LogP contribution in [0, 0.1) is 0 Å². The van der Waals surface area contributed by atoms with E-state index in [9.17, 15) is 4.79 Å². The number of nitrogens with zero attached hydrogens (tertiary/aromatic N) is 4. The summed E-state index contributed by atoms with van der Waals surface area (Å²) >= 11 is 0. The van der Waals surface area contributed by atoms with Gasteiger partial charge in [-0.15, -0.1) is 0 Å². The molecule has 0 unspecified atom stereocenters. The summed E-state index contributed by atoms with van der Waals surface area (Å²) in [4.78, 5) is 19.5. The van der Waals surface area contributed by atoms with Crippen LogP contribution in [0.3, 0.4) is 0 Å². The molecule has 0 saturated heterocycles. The summed E-state index contributed by atoms with van der Waals surface area (Å²) in [5.74, 6) is -0.0386. The van der Waals surface area contributed by atoms with Crippen molar-refractivity contribution in [2.75, 3.05) is 6.54 Å². The van der Waals surface area contributed by atoms with Crippen LogP contribution >= 0.6 is 0 Å². The highest BCUT2D eigenvalue weighted by molar-refractivity contribution is 5.95. The number of fused-ring (bicyclic) bond motifs is 2. The Labute approximate surface area is 163 Å². The normalized spacial score (nSPS) is 13.5. The molecule has 5 nitrogen and oxygen atoms in total. The minimum absolute atomic E-state index is 0.0386. The average Bonchev–Trinajstić information content (AvgIpc) is 3.08. The summed E-state index contributed by atoms with van der Waals surface area (Å²) in [6.45, 7) is 1.19. The fourth-order valence-electron chi connectivity index (χ4n) is 4.00. The molecule has 0 bridgehead atoms. The standard InChI is InChI=1S/C23H20N4O/c1-26-22(17-8-3-2-4-9-17)18-13-14-27(15-21(18)25-26)23(28)20-12-11-16-7-5-6-10-19(16)24-20/h2-12H,13-15H2,1H3. The molecule has 0 N–H and O–H groups in total. The van der Waals surface area contributed by atoms with E-state index in [2.05, 4.69) is 17.1 Å². The van der Waals surface area contributed by atoms with Gasteiger partial charge in [-0.1, -0.05) is 54.6 Å². The lowest BCUT2D eigenvalue weighted by atomic mass is 9.99. The van der Waals surface area contributed by atoms with Crippen LogP contribution in [0.25, 0.3) is 22.2 Å². The summed E-state index contributed by atoms with van der Waals surface area (Å²) in [6.07, 6.45) is 0.798. The highest BCUT2D eigenvalue weighted by Crippen LogP contribution is 2.30. The maximum atomic E-state index is 13.0. The minimum Gasteiger partial charge on any atom is -0.331 e. The molecule has 0 aliphatic carbocycles. The fourth-order valence-corrected chi connectivity index (χ4v) is 4.00. The van der Waals surface area contributed by atoms with Gasteiger partial charge >= 0.3 is 0 Å². The third-order valence-electron chi connectivity index (χ3n) is 5.35. The second-order valence-electron chi connectivity index (χ2n) is 7.13. The van der Waals surface area contributed by atoms with E-state index >= 15 is 0 Å². The Morgan fingerprint density at radius 1 is 0.964 bits per heavy atom. The third kappa shape index (κ3) is 2.76. The molecular weight excluding hydrogens is 348 g/mol. The van der Waals surface area contributed by atoms with Crippen LogP contribution in [-0.2, 0) is 20.0 Å². The van der Waals surface area contributed by atoms with Crippen molar-refractivity contribution in [3.05, 3.63) is 83.7 Å². The van der Waals surface area contributed by atoms with Crippen LogP contribution in [0.4, 0.5) is 0 Å². The first-order valence-electron chi connectivity index (χ1n) is 9.46. The number of benzene rings is 2. The van der Waals surface area contributed by atoms with Gasteiger partial charge in [-0.05, 0) is 18.6 Å². The maximum Gasteiger partial charge on any atom is 0.272 e. The van der Waals surface area contributed by atoms with Gasteiger partial charge in [0.15, 0.2) is 0 Å². The summed E-state index contributed by atoms with van der Waals surface area (Å²) in [7, 11) is 1.97. The first-order valence-corrected chi connectivity index (χ1v) is 9.46. The molecule has 1 aliphatic heterocycles. The lowest BCUT2D eigenvalue weighted by Crippen LogP contribution is -2.36. The van der Waals surface area contributed by atoms with Gasteiger partial charge in [0, 0.05) is 30.1 Å². The molecule has 2 aromatic carbocycles. The second kappa shape index (κ2) is 6.60. The van der Waals surface area contributed by atoms with E-state index in [0.717, 1.165) is 34.3 Å². The molecule has 2 aromatic heterocycles. The molecule has 0 saturated carbocycles. The van der Waals surface area contributed by atoms with Gasteiger partial charge < -0.3 is 4.90 Å². The monoisotopic (exact) mass is 368 g/mol. The summed E-state index contributed by atoms with van der Waals surface area (Å²) < 4.78 is 1.93. The van der Waals surface area contributed by atoms with Crippen molar-refractivity contribution >= 4 is 16.8 Å². The van der Waals surface area contributed by atoms with Gasteiger partial charge in [0.2, 0.25) is 0 Å². The Hall–Kier alpha value is -3.47. The summed E-state index contributed by atoms with van der Waals surface area (Å²) in [5.41, 5.74) is 5.85. The molecule has 28 heavy (non-hydrogen) atoms. The Morgan fingerprint density at radius 3 is 2.61 bits per heavy atom. The second-order valence-corrected chi connectivity index (χ2v) is 7.13. The highest BCUT2D eigenvalue weighted by atomic mass is 16.2. The number of hydrogen-bond acceptors (Lipinski definition) is 3. The lowest BCUT2D eigenvalue weighted by Gasteiger charge is -2.26. The number of hydrogen-bond donors (Lipinski definition) is 0. The molecule has 0 spiro atoms. The van der Waals surface area contributed by atoms with Crippen LogP contribution in [0.2, 0.25) is 0 Å². The zero-order valence-electron chi connectivity index (χ0n) is 15.7. The molecule has 4 aromatic rings. The molecule has 0 atom stereocenters. The first-order chi connectivity index (χ1) is 13.7. The van der Waals surface area contributed by atoms with Crippen molar-refractivity contribution in [3.63, 3.8) is 0 Å². The van der Waals surface area contributed by atoms with Crippen LogP contribution in [0.5, 0.6) is 0 Å². The molecule has 5 heteroatoms. The van der Waals surface area contributed by atoms with Crippen molar-refractivity contribution in [2.24, 2.45) is 7.05 Å². The number of carbonyl (C=O) groups is 1. The Balaban J connectivity index is 1.45. The van der Waals surface area contributed by atoms with Crippen molar-refractivity contribution in [1.82, 2.24) is 19.7 Å². The van der Waals surface area contributed by atoms with Gasteiger partial charge in [0.25, 0.3) is 5.91 Å². The van der Waals surface area contributed by atoms with E-state index in [4.69, 9.17) is 5.10 Å². The van der Waals surface area contributed by atoms with E-state index in [-0.39, 0.29) is 5.91 Å². The van der Waals surface area contributed by atoms with Gasteiger partial charge in [-0.25, -0.2) is 4.98 Å². The van der Waals surface area contributed by atoms with E-state index in [1.807, 2.05) is 71.2 Å². The van der Waals surface area contributed by atoms with Crippen molar-refractivity contribution in [1.29, 1.82) is 0 Å². The van der Waals surface area contributed by atoms with Crippen LogP contribution < -0.4 is 0 Å². The van der Waals surface area contributed by atoms with Crippen molar-refractivity contribution < 1.29 is 4.79 Å². The van der Waals surface area contributed by atoms with E-state index in [1.165, 1.54) is 5.56 Å². The van der Waals surface area contributed by atoms with Crippen LogP contribution in [0.1, 0.15) is 21.7 Å². The van der Waals surface area contributed by atoms with E-state index in [0.29, 0.717) is 18.8 Å². The minimum atomic E-state index is -0.0386. The van der Waals surface area contributed by atoms with E-state index in [1.54, 1.807) is 0 Å². The third-order valence-corrected chi connectivity index (χ3v) is 5.35. The number of amides is 1. The van der Waals surface area contributed by atoms with Gasteiger partial charge in [-0.3, -0.25) is 9.48 Å². The number of pyridine rings is 1. The van der Waals surface area contributed by atoms with Gasteiger partial charge in [0.05, 0.1) is 23.4 Å². The number of carbonyl (C=O) groups excluding carboxylic acids is 1. The lowest BCUT2D eigenvalue weighted by molar-refractivity contribution is 0.0727. The molecule has 1 amide bonds. The number of aryl methyl sites for hydroxylation is 1. The number of rotatable bonds is 2. The molecular formula is C23H20N4O. The maximum absolute atomic E-state index is 13.0. The number of aromatic nitrogens is 3. The zero-order chi connectivity index (χ0) is 19.1. The topological polar surface area (TPSA) is 51.0 Å². The highest BCUT2D eigenvalue weighted by Gasteiger charge is 2.28. The van der Waals surface area contributed by atoms with Gasteiger partial charge in [0.1, 0.15) is 5.69 Å². The zero-order valence-corrected chi connectivity index (χ0v) is 15.7. The van der Waals surface area contributed by atoms with Crippen LogP contribution in [-0.4, -0.2) is 32.1 Å². The SMILES string of the molecule is Cn1nc2c(c1-c1ccccc1)CCN(C(=O)c1ccc3ccccc3n1)C2. The predicted molar refractivity (Wildman–Crippen MR) is 109 cm³/mol. The fraction of sp³-hybridized carbons (Fsp3) is 0.174. The number of para-hydroxylation sites is 1. The smallest absolute Gasteiger partial charge is 0.272 e. The predicted octanol–water partition coefficient (Wildman–Crippen LogP) is 3.83. The van der Waals surface area contributed by atoms with E-state index < -0.39 is 0 Å². The molecule has 0 fully saturated rings. The first kappa shape index (κ1) is 16.7. The Kier molecular flexibility index (Phi) is 3.93. The van der Waals surface area contributed by atoms with Gasteiger partial charge in [-0.2, -0.15) is 5.10 Å². The molecule has 3 heterocycles. The molecule has 1 aliphatic rings. The quantitative estimate of drug-likeness (QED) is 0.540. The van der Waals surface area contributed by atoms with Crippen molar-refractivity contribution in [2.45, 2.75) is 13.0 Å². The Bertz CT molecular complexity index is 1180. The van der Waals surface area contributed by atoms with Crippen LogP contribution in [0.15, 0.2) is 66.7 Å². The largest absolute Gasteiger partial charge is 0.331 e. The van der Waals surface area contributed by atoms with Crippen molar-refractivity contribution in [3.8, 4) is 11.3 Å². The average molecular weight is 368 g/mol. The molecule has 138 valence electrons. The summed E-state index contributed by atoms with van der Waals surface area (Å²) in [5, 5.41) is 5.75. The summed E-state index contributed by atoms with van der Waals surface area (Å²) in [6, 6.07) is 21.9. The molecule has 0 radical (unpaired) electrons.